The van der Waals surface area contributed by atoms with Crippen molar-refractivity contribution in [3.05, 3.63) is 14.5 Å². The summed E-state index contributed by atoms with van der Waals surface area (Å²) in [6, 6.07) is -0.366. The van der Waals surface area contributed by atoms with Gasteiger partial charge in [-0.1, -0.05) is 0 Å². The van der Waals surface area contributed by atoms with Crippen molar-refractivity contribution in [2.75, 3.05) is 6.61 Å². The molecule has 1 aromatic rings. The molecule has 1 rings (SSSR count). The molecule has 1 unspecified atom stereocenters. The highest BCUT2D eigenvalue weighted by Gasteiger charge is 2.12. The van der Waals surface area contributed by atoms with Gasteiger partial charge in [0, 0.05) is 0 Å². The third-order valence-electron chi connectivity index (χ3n) is 1.26. The number of aliphatic hydroxyl groups is 1. The highest BCUT2D eigenvalue weighted by Crippen LogP contribution is 2.27. The summed E-state index contributed by atoms with van der Waals surface area (Å²) in [6.07, 6.45) is 0. The Bertz CT molecular complexity index is 251. The number of aliphatic hydroxyl groups excluding tert-OH is 1. The van der Waals surface area contributed by atoms with E-state index >= 15 is 0 Å². The Morgan fingerprint density at radius 2 is 2.45 bits per heavy atom. The molecule has 0 amide bonds. The molecule has 0 bridgehead atoms. The topological polar surface area (TPSA) is 59.1 Å². The summed E-state index contributed by atoms with van der Waals surface area (Å²) in [6.45, 7) is 1.84. The van der Waals surface area contributed by atoms with Crippen molar-refractivity contribution < 1.29 is 5.11 Å². The normalized spacial score (nSPS) is 13.5. The maximum absolute atomic E-state index is 8.74. The minimum atomic E-state index is -0.366. The number of hydrogen-bond acceptors (Lipinski definition) is 4. The molecule has 1 heterocycles. The van der Waals surface area contributed by atoms with Crippen LogP contribution in [-0.4, -0.2) is 16.7 Å². The Labute approximate surface area is 77.4 Å². The molecule has 3 nitrogen and oxygen atoms in total. The Balaban J connectivity index is 2.93. The zero-order chi connectivity index (χ0) is 8.43. The molecule has 3 N–H and O–H groups in total. The van der Waals surface area contributed by atoms with Gasteiger partial charge in [-0.05, 0) is 22.9 Å². The fourth-order valence-corrected chi connectivity index (χ4v) is 2.52. The van der Waals surface area contributed by atoms with Crippen LogP contribution in [0.15, 0.2) is 3.79 Å². The molecule has 0 aromatic carbocycles. The summed E-state index contributed by atoms with van der Waals surface area (Å²) in [5.41, 5.74) is 6.32. The van der Waals surface area contributed by atoms with Gasteiger partial charge in [0.05, 0.1) is 27.1 Å². The molecule has 0 spiro atoms. The number of nitrogens with two attached hydrogens (primary N) is 1. The average molecular weight is 237 g/mol. The summed E-state index contributed by atoms with van der Waals surface area (Å²) in [4.78, 5) is 4.17. The first kappa shape index (κ1) is 9.12. The Morgan fingerprint density at radius 1 is 1.82 bits per heavy atom. The van der Waals surface area contributed by atoms with Crippen LogP contribution < -0.4 is 5.73 Å². The van der Waals surface area contributed by atoms with Crippen LogP contribution in [0.25, 0.3) is 0 Å². The third kappa shape index (κ3) is 1.99. The molecular formula is C6H9BrN2OS. The van der Waals surface area contributed by atoms with Crippen LogP contribution in [0.1, 0.15) is 16.7 Å². The highest BCUT2D eigenvalue weighted by molar-refractivity contribution is 9.11. The quantitative estimate of drug-likeness (QED) is 0.812. The van der Waals surface area contributed by atoms with Crippen molar-refractivity contribution in [2.45, 2.75) is 13.0 Å². The SMILES string of the molecule is Cc1nc(C(N)CO)c(Br)s1. The predicted molar refractivity (Wildman–Crippen MR) is 48.6 cm³/mol. The average Bonchev–Trinajstić information content (AvgIpc) is 2.28. The molecule has 1 aromatic heterocycles. The van der Waals surface area contributed by atoms with E-state index in [0.29, 0.717) is 0 Å². The predicted octanol–water partition coefficient (Wildman–Crippen LogP) is 1.21. The van der Waals surface area contributed by atoms with Gasteiger partial charge in [-0.25, -0.2) is 4.98 Å². The van der Waals surface area contributed by atoms with E-state index < -0.39 is 0 Å². The van der Waals surface area contributed by atoms with Gasteiger partial charge in [0.2, 0.25) is 0 Å². The zero-order valence-corrected chi connectivity index (χ0v) is 8.44. The van der Waals surface area contributed by atoms with Crippen molar-refractivity contribution in [2.24, 2.45) is 5.73 Å². The Kier molecular flexibility index (Phi) is 3.00. The van der Waals surface area contributed by atoms with Gasteiger partial charge in [0.25, 0.3) is 0 Å². The lowest BCUT2D eigenvalue weighted by Crippen LogP contribution is -2.15. The number of nitrogens with zero attached hydrogens (tertiary/aromatic N) is 1. The number of rotatable bonds is 2. The second kappa shape index (κ2) is 3.62. The molecule has 0 radical (unpaired) electrons. The van der Waals surface area contributed by atoms with Crippen LogP contribution in [-0.2, 0) is 0 Å². The van der Waals surface area contributed by atoms with Gasteiger partial charge >= 0.3 is 0 Å². The summed E-state index contributed by atoms with van der Waals surface area (Å²) in [5.74, 6) is 0. The molecule has 0 aliphatic rings. The lowest BCUT2D eigenvalue weighted by molar-refractivity contribution is 0.266. The molecule has 0 aliphatic carbocycles. The standard InChI is InChI=1S/C6H9BrN2OS/c1-3-9-5(4(8)2-10)6(7)11-3/h4,10H,2,8H2,1H3. The van der Waals surface area contributed by atoms with Crippen LogP contribution in [0.5, 0.6) is 0 Å². The van der Waals surface area contributed by atoms with Crippen LogP contribution in [0.3, 0.4) is 0 Å². The number of aryl methyl sites for hydroxylation is 1. The van der Waals surface area contributed by atoms with E-state index in [2.05, 4.69) is 20.9 Å². The van der Waals surface area contributed by atoms with Gasteiger partial charge in [-0.15, -0.1) is 11.3 Å². The van der Waals surface area contributed by atoms with Gasteiger partial charge in [-0.3, -0.25) is 0 Å². The summed E-state index contributed by atoms with van der Waals surface area (Å²) in [5, 5.41) is 9.70. The van der Waals surface area contributed by atoms with Crippen molar-refractivity contribution in [1.82, 2.24) is 4.98 Å². The van der Waals surface area contributed by atoms with E-state index in [1.54, 1.807) is 0 Å². The highest BCUT2D eigenvalue weighted by atomic mass is 79.9. The largest absolute Gasteiger partial charge is 0.394 e. The lowest BCUT2D eigenvalue weighted by Gasteiger charge is -2.03. The van der Waals surface area contributed by atoms with E-state index in [4.69, 9.17) is 10.8 Å². The number of thiazole rings is 1. The first-order valence-corrected chi connectivity index (χ1v) is 4.75. The second-order valence-electron chi connectivity index (χ2n) is 2.18. The summed E-state index contributed by atoms with van der Waals surface area (Å²) < 4.78 is 0.913. The van der Waals surface area contributed by atoms with E-state index in [0.717, 1.165) is 14.5 Å². The molecular weight excluding hydrogens is 228 g/mol. The minimum Gasteiger partial charge on any atom is -0.394 e. The van der Waals surface area contributed by atoms with Crippen molar-refractivity contribution in [1.29, 1.82) is 0 Å². The van der Waals surface area contributed by atoms with Gasteiger partial charge in [0.15, 0.2) is 0 Å². The molecule has 0 saturated carbocycles. The zero-order valence-electron chi connectivity index (χ0n) is 6.04. The molecule has 62 valence electrons. The van der Waals surface area contributed by atoms with Gasteiger partial charge in [-0.2, -0.15) is 0 Å². The molecule has 5 heteroatoms. The van der Waals surface area contributed by atoms with E-state index in [9.17, 15) is 0 Å². The smallest absolute Gasteiger partial charge is 0.0948 e. The molecule has 1 atom stereocenters. The summed E-state index contributed by atoms with van der Waals surface area (Å²) >= 11 is 4.85. The summed E-state index contributed by atoms with van der Waals surface area (Å²) in [7, 11) is 0. The van der Waals surface area contributed by atoms with Crippen LogP contribution >= 0.6 is 27.3 Å². The lowest BCUT2D eigenvalue weighted by atomic mass is 10.3. The maximum atomic E-state index is 8.74. The molecule has 0 aliphatic heterocycles. The molecule has 0 fully saturated rings. The van der Waals surface area contributed by atoms with E-state index in [-0.39, 0.29) is 12.6 Å². The minimum absolute atomic E-state index is 0.0677. The van der Waals surface area contributed by atoms with Crippen LogP contribution in [0.4, 0.5) is 0 Å². The number of hydrogen-bond donors (Lipinski definition) is 2. The van der Waals surface area contributed by atoms with Crippen molar-refractivity contribution in [3.63, 3.8) is 0 Å². The van der Waals surface area contributed by atoms with Crippen LogP contribution in [0, 0.1) is 6.92 Å². The van der Waals surface area contributed by atoms with Gasteiger partial charge < -0.3 is 10.8 Å². The monoisotopic (exact) mass is 236 g/mol. The number of halogens is 1. The van der Waals surface area contributed by atoms with E-state index in [1.807, 2.05) is 6.92 Å². The first-order chi connectivity index (χ1) is 5.15. The number of aromatic nitrogens is 1. The fourth-order valence-electron chi connectivity index (χ4n) is 0.734. The first-order valence-electron chi connectivity index (χ1n) is 3.14. The Hall–Kier alpha value is 0.0300. The Morgan fingerprint density at radius 3 is 2.82 bits per heavy atom. The molecule has 11 heavy (non-hydrogen) atoms. The van der Waals surface area contributed by atoms with Crippen molar-refractivity contribution in [3.8, 4) is 0 Å². The van der Waals surface area contributed by atoms with Gasteiger partial charge in [0.1, 0.15) is 0 Å². The maximum Gasteiger partial charge on any atom is 0.0948 e. The van der Waals surface area contributed by atoms with E-state index in [1.165, 1.54) is 11.3 Å². The third-order valence-corrected chi connectivity index (χ3v) is 2.93. The molecule has 0 saturated heterocycles. The van der Waals surface area contributed by atoms with Crippen LogP contribution in [0.2, 0.25) is 0 Å². The second-order valence-corrected chi connectivity index (χ2v) is 4.70. The van der Waals surface area contributed by atoms with Crippen molar-refractivity contribution >= 4 is 27.3 Å². The fraction of sp³-hybridized carbons (Fsp3) is 0.500.